The fourth-order valence-electron chi connectivity index (χ4n) is 2.87. The molecule has 0 radical (unpaired) electrons. The highest BCUT2D eigenvalue weighted by molar-refractivity contribution is 7.89. The van der Waals surface area contributed by atoms with E-state index in [0.29, 0.717) is 16.9 Å². The van der Waals surface area contributed by atoms with Crippen LogP contribution in [-0.4, -0.2) is 34.1 Å². The lowest BCUT2D eigenvalue weighted by Crippen LogP contribution is -2.28. The van der Waals surface area contributed by atoms with E-state index in [4.69, 9.17) is 9.47 Å². The summed E-state index contributed by atoms with van der Waals surface area (Å²) in [6.07, 6.45) is -0.0975. The molecule has 0 spiro atoms. The molecule has 28 heavy (non-hydrogen) atoms. The average molecular weight is 409 g/mol. The molecular formula is C20H24FNO5S. The summed E-state index contributed by atoms with van der Waals surface area (Å²) in [4.78, 5) is 12.0. The quantitative estimate of drug-likeness (QED) is 0.509. The number of sulfonamides is 1. The molecule has 1 N–H and O–H groups in total. The highest BCUT2D eigenvalue weighted by Crippen LogP contribution is 2.21. The Kier molecular flexibility index (Phi) is 7.53. The largest absolute Gasteiger partial charge is 0.490 e. The van der Waals surface area contributed by atoms with Crippen molar-refractivity contribution in [3.8, 4) is 5.75 Å². The minimum atomic E-state index is -3.71. The summed E-state index contributed by atoms with van der Waals surface area (Å²) in [5.41, 5.74) is 2.30. The van der Waals surface area contributed by atoms with Crippen molar-refractivity contribution in [1.82, 2.24) is 4.72 Å². The Morgan fingerprint density at radius 1 is 1.04 bits per heavy atom. The first-order valence-electron chi connectivity index (χ1n) is 8.80. The number of rotatable bonds is 9. The molecular weight excluding hydrogens is 385 g/mol. The highest BCUT2D eigenvalue weighted by atomic mass is 32.2. The van der Waals surface area contributed by atoms with Gasteiger partial charge in [0.25, 0.3) is 0 Å². The number of esters is 1. The van der Waals surface area contributed by atoms with Gasteiger partial charge in [-0.25, -0.2) is 17.5 Å². The van der Waals surface area contributed by atoms with Gasteiger partial charge in [0.1, 0.15) is 24.8 Å². The van der Waals surface area contributed by atoms with Crippen molar-refractivity contribution < 1.29 is 27.1 Å². The minimum Gasteiger partial charge on any atom is -0.490 e. The van der Waals surface area contributed by atoms with Crippen LogP contribution >= 0.6 is 0 Å². The summed E-state index contributed by atoms with van der Waals surface area (Å²) in [7, 11) is -3.71. The van der Waals surface area contributed by atoms with Gasteiger partial charge in [0.2, 0.25) is 10.0 Å². The Hall–Kier alpha value is -2.45. The van der Waals surface area contributed by atoms with E-state index < -0.39 is 16.0 Å². The molecule has 2 aromatic rings. The van der Waals surface area contributed by atoms with E-state index >= 15 is 0 Å². The van der Waals surface area contributed by atoms with E-state index in [9.17, 15) is 17.6 Å². The van der Waals surface area contributed by atoms with E-state index in [1.807, 2.05) is 6.92 Å². The first kappa shape index (κ1) is 21.8. The number of halogens is 1. The van der Waals surface area contributed by atoms with Gasteiger partial charge in [-0.05, 0) is 56.2 Å². The minimum absolute atomic E-state index is 0.0130. The lowest BCUT2D eigenvalue weighted by atomic mass is 10.1. The number of benzene rings is 2. The Balaban J connectivity index is 1.75. The van der Waals surface area contributed by atoms with Crippen LogP contribution in [0.1, 0.15) is 23.1 Å². The Labute approximate surface area is 164 Å². The standard InChI is InChI=1S/C20H24FNO5S/c1-14-12-15(2)20(16(3)13-14)28(24,25)22-9-8-19(23)27-11-10-26-18-6-4-17(21)5-7-18/h4-7,12-13,22H,8-11H2,1-3H3. The third-order valence-corrected chi connectivity index (χ3v) is 5.69. The van der Waals surface area contributed by atoms with Crippen LogP contribution in [0.4, 0.5) is 4.39 Å². The summed E-state index contributed by atoms with van der Waals surface area (Å²) < 4.78 is 50.5. The van der Waals surface area contributed by atoms with Crippen LogP contribution in [0.2, 0.25) is 0 Å². The summed E-state index contributed by atoms with van der Waals surface area (Å²) >= 11 is 0. The number of ether oxygens (including phenoxy) is 2. The summed E-state index contributed by atoms with van der Waals surface area (Å²) in [6.45, 7) is 5.45. The molecule has 152 valence electrons. The fourth-order valence-corrected chi connectivity index (χ4v) is 4.35. The van der Waals surface area contributed by atoms with Gasteiger partial charge >= 0.3 is 5.97 Å². The SMILES string of the molecule is Cc1cc(C)c(S(=O)(=O)NCCC(=O)OCCOc2ccc(F)cc2)c(C)c1. The average Bonchev–Trinajstić information content (AvgIpc) is 2.59. The molecule has 0 bridgehead atoms. The van der Waals surface area contributed by atoms with Gasteiger partial charge in [-0.15, -0.1) is 0 Å². The van der Waals surface area contributed by atoms with Crippen molar-refractivity contribution in [3.63, 3.8) is 0 Å². The van der Waals surface area contributed by atoms with Crippen molar-refractivity contribution in [1.29, 1.82) is 0 Å². The van der Waals surface area contributed by atoms with Gasteiger partial charge < -0.3 is 9.47 Å². The zero-order valence-electron chi connectivity index (χ0n) is 16.1. The molecule has 0 heterocycles. The van der Waals surface area contributed by atoms with Crippen molar-refractivity contribution in [2.45, 2.75) is 32.1 Å². The second-order valence-electron chi connectivity index (χ2n) is 6.40. The van der Waals surface area contributed by atoms with Crippen molar-refractivity contribution in [3.05, 3.63) is 58.9 Å². The number of hydrogen-bond acceptors (Lipinski definition) is 5. The molecule has 0 aliphatic carbocycles. The molecule has 0 aromatic heterocycles. The Morgan fingerprint density at radius 2 is 1.64 bits per heavy atom. The van der Waals surface area contributed by atoms with Gasteiger partial charge in [-0.2, -0.15) is 0 Å². The van der Waals surface area contributed by atoms with Gasteiger partial charge in [-0.1, -0.05) is 17.7 Å². The zero-order valence-corrected chi connectivity index (χ0v) is 16.9. The monoisotopic (exact) mass is 409 g/mol. The second-order valence-corrected chi connectivity index (χ2v) is 8.10. The lowest BCUT2D eigenvalue weighted by Gasteiger charge is -2.13. The van der Waals surface area contributed by atoms with E-state index in [1.165, 1.54) is 24.3 Å². The molecule has 0 saturated carbocycles. The Morgan fingerprint density at radius 3 is 2.25 bits per heavy atom. The van der Waals surface area contributed by atoms with E-state index in [2.05, 4.69) is 4.72 Å². The highest BCUT2D eigenvalue weighted by Gasteiger charge is 2.19. The van der Waals surface area contributed by atoms with Crippen LogP contribution in [0.25, 0.3) is 0 Å². The van der Waals surface area contributed by atoms with Crippen LogP contribution in [-0.2, 0) is 19.6 Å². The Bertz CT molecular complexity index is 903. The third-order valence-electron chi connectivity index (χ3n) is 3.92. The van der Waals surface area contributed by atoms with Crippen molar-refractivity contribution >= 4 is 16.0 Å². The molecule has 0 aliphatic heterocycles. The molecule has 0 atom stereocenters. The van der Waals surface area contributed by atoms with Crippen molar-refractivity contribution in [2.24, 2.45) is 0 Å². The van der Waals surface area contributed by atoms with Crippen molar-refractivity contribution in [2.75, 3.05) is 19.8 Å². The molecule has 0 unspecified atom stereocenters. The maximum atomic E-state index is 12.8. The van der Waals surface area contributed by atoms with E-state index in [0.717, 1.165) is 5.56 Å². The summed E-state index contributed by atoms with van der Waals surface area (Å²) in [5, 5.41) is 0. The smallest absolute Gasteiger partial charge is 0.307 e. The number of carbonyl (C=O) groups excluding carboxylic acids is 1. The van der Waals surface area contributed by atoms with Crippen LogP contribution in [0.5, 0.6) is 5.75 Å². The molecule has 6 nitrogen and oxygen atoms in total. The van der Waals surface area contributed by atoms with E-state index in [1.54, 1.807) is 26.0 Å². The fraction of sp³-hybridized carbons (Fsp3) is 0.350. The molecule has 2 rings (SSSR count). The first-order chi connectivity index (χ1) is 13.2. The second kappa shape index (κ2) is 9.66. The summed E-state index contributed by atoms with van der Waals surface area (Å²) in [5.74, 6) is -0.436. The van der Waals surface area contributed by atoms with Crippen LogP contribution in [0.15, 0.2) is 41.3 Å². The van der Waals surface area contributed by atoms with Crippen LogP contribution < -0.4 is 9.46 Å². The van der Waals surface area contributed by atoms with Gasteiger partial charge in [0.05, 0.1) is 11.3 Å². The maximum absolute atomic E-state index is 12.8. The number of hydrogen-bond donors (Lipinski definition) is 1. The van der Waals surface area contributed by atoms with Gasteiger partial charge in [-0.3, -0.25) is 4.79 Å². The topological polar surface area (TPSA) is 81.7 Å². The van der Waals surface area contributed by atoms with Crippen LogP contribution in [0, 0.1) is 26.6 Å². The number of carbonyl (C=O) groups is 1. The molecule has 0 aliphatic rings. The van der Waals surface area contributed by atoms with Crippen LogP contribution in [0.3, 0.4) is 0 Å². The predicted molar refractivity (Wildman–Crippen MR) is 103 cm³/mol. The third kappa shape index (κ3) is 6.31. The van der Waals surface area contributed by atoms with E-state index in [-0.39, 0.29) is 36.9 Å². The molecule has 2 aromatic carbocycles. The normalized spacial score (nSPS) is 11.3. The zero-order chi connectivity index (χ0) is 20.7. The number of aryl methyl sites for hydroxylation is 3. The molecule has 0 fully saturated rings. The predicted octanol–water partition coefficient (Wildman–Crippen LogP) is 3.04. The molecule has 0 saturated heterocycles. The number of nitrogens with one attached hydrogen (secondary N) is 1. The molecule has 8 heteroatoms. The maximum Gasteiger partial charge on any atom is 0.307 e. The first-order valence-corrected chi connectivity index (χ1v) is 10.3. The summed E-state index contributed by atoms with van der Waals surface area (Å²) in [6, 6.07) is 9.09. The van der Waals surface area contributed by atoms with Gasteiger partial charge in [0, 0.05) is 6.54 Å². The van der Waals surface area contributed by atoms with Gasteiger partial charge in [0.15, 0.2) is 0 Å². The lowest BCUT2D eigenvalue weighted by molar-refractivity contribution is -0.144. The molecule has 0 amide bonds.